The lowest BCUT2D eigenvalue weighted by atomic mass is 9.89. The topological polar surface area (TPSA) is 46.6 Å². The van der Waals surface area contributed by atoms with Gasteiger partial charge in [0, 0.05) is 13.5 Å². The molecule has 3 aromatic rings. The summed E-state index contributed by atoms with van der Waals surface area (Å²) in [7, 11) is 0. The van der Waals surface area contributed by atoms with Crippen molar-refractivity contribution in [1.82, 2.24) is 4.90 Å². The molecule has 1 aliphatic heterocycles. The summed E-state index contributed by atoms with van der Waals surface area (Å²) in [6.07, 6.45) is 2.53. The maximum atomic E-state index is 13.9. The smallest absolute Gasteiger partial charge is 0.302 e. The van der Waals surface area contributed by atoms with E-state index in [0.717, 1.165) is 47.1 Å². The summed E-state index contributed by atoms with van der Waals surface area (Å²) >= 11 is 0. The van der Waals surface area contributed by atoms with Crippen LogP contribution in [0.2, 0.25) is 0 Å². The second-order valence-electron chi connectivity index (χ2n) is 8.23. The average Bonchev–Trinajstić information content (AvgIpc) is 3.14. The standard InChI is InChI=1S/C29H29NO3/c1-22(31)33-21-13-5-12-20-30-28(25-18-10-4-11-19-25)26(23-14-6-2-7-15-23)27(29(30)32)24-16-8-3-9-17-24/h2-4,6-11,14-19,28H,5,12-13,20-21H2,1H3. The van der Waals surface area contributed by atoms with Gasteiger partial charge in [-0.2, -0.15) is 0 Å². The average molecular weight is 440 g/mol. The predicted molar refractivity (Wildman–Crippen MR) is 131 cm³/mol. The molecule has 1 atom stereocenters. The Morgan fingerprint density at radius 2 is 1.36 bits per heavy atom. The minimum atomic E-state index is -0.252. The van der Waals surface area contributed by atoms with Gasteiger partial charge >= 0.3 is 5.97 Å². The van der Waals surface area contributed by atoms with E-state index >= 15 is 0 Å². The summed E-state index contributed by atoms with van der Waals surface area (Å²) in [5.74, 6) is -0.188. The monoisotopic (exact) mass is 439 g/mol. The van der Waals surface area contributed by atoms with Crippen LogP contribution in [0.25, 0.3) is 11.1 Å². The number of amides is 1. The van der Waals surface area contributed by atoms with Crippen LogP contribution in [0.1, 0.15) is 48.9 Å². The van der Waals surface area contributed by atoms with Gasteiger partial charge < -0.3 is 9.64 Å². The maximum Gasteiger partial charge on any atom is 0.302 e. The molecule has 0 aromatic heterocycles. The quantitative estimate of drug-likeness (QED) is 0.307. The zero-order valence-corrected chi connectivity index (χ0v) is 18.9. The second kappa shape index (κ2) is 10.8. The van der Waals surface area contributed by atoms with Crippen LogP contribution in [0.4, 0.5) is 0 Å². The van der Waals surface area contributed by atoms with Gasteiger partial charge in [0.1, 0.15) is 0 Å². The minimum Gasteiger partial charge on any atom is -0.466 e. The van der Waals surface area contributed by atoms with Crippen molar-refractivity contribution >= 4 is 23.0 Å². The fourth-order valence-corrected chi connectivity index (χ4v) is 4.46. The van der Waals surface area contributed by atoms with Crippen molar-refractivity contribution < 1.29 is 14.3 Å². The molecule has 1 unspecified atom stereocenters. The Morgan fingerprint density at radius 3 is 1.97 bits per heavy atom. The van der Waals surface area contributed by atoms with E-state index in [4.69, 9.17) is 4.74 Å². The summed E-state index contributed by atoms with van der Waals surface area (Å²) in [4.78, 5) is 26.9. The van der Waals surface area contributed by atoms with Crippen LogP contribution < -0.4 is 0 Å². The van der Waals surface area contributed by atoms with Crippen molar-refractivity contribution in [2.75, 3.05) is 13.2 Å². The molecule has 1 heterocycles. The van der Waals surface area contributed by atoms with Crippen LogP contribution in [-0.2, 0) is 14.3 Å². The molecule has 0 aliphatic carbocycles. The molecule has 0 bridgehead atoms. The molecule has 0 spiro atoms. The van der Waals surface area contributed by atoms with E-state index in [0.29, 0.717) is 13.2 Å². The summed E-state index contributed by atoms with van der Waals surface area (Å²) in [5, 5.41) is 0. The Morgan fingerprint density at radius 1 is 0.788 bits per heavy atom. The van der Waals surface area contributed by atoms with Crippen molar-refractivity contribution in [2.45, 2.75) is 32.2 Å². The summed E-state index contributed by atoms with van der Waals surface area (Å²) in [5.41, 5.74) is 4.94. The fraction of sp³-hybridized carbons (Fsp3) is 0.241. The zero-order valence-electron chi connectivity index (χ0n) is 18.9. The molecular weight excluding hydrogens is 410 g/mol. The molecule has 3 aromatic carbocycles. The first-order valence-electron chi connectivity index (χ1n) is 11.5. The number of rotatable bonds is 9. The lowest BCUT2D eigenvalue weighted by Gasteiger charge is -2.28. The van der Waals surface area contributed by atoms with Crippen molar-refractivity contribution in [3.63, 3.8) is 0 Å². The third kappa shape index (κ3) is 5.23. The normalized spacial score (nSPS) is 15.7. The molecule has 1 amide bonds. The third-order valence-corrected chi connectivity index (χ3v) is 5.94. The summed E-state index contributed by atoms with van der Waals surface area (Å²) < 4.78 is 5.05. The van der Waals surface area contributed by atoms with Gasteiger partial charge in [0.2, 0.25) is 0 Å². The van der Waals surface area contributed by atoms with Gasteiger partial charge in [-0.1, -0.05) is 91.0 Å². The lowest BCUT2D eigenvalue weighted by Crippen LogP contribution is -2.31. The highest BCUT2D eigenvalue weighted by molar-refractivity contribution is 6.31. The molecule has 0 radical (unpaired) electrons. The molecule has 33 heavy (non-hydrogen) atoms. The molecule has 4 heteroatoms. The van der Waals surface area contributed by atoms with Crippen LogP contribution in [0, 0.1) is 0 Å². The van der Waals surface area contributed by atoms with Crippen molar-refractivity contribution in [2.24, 2.45) is 0 Å². The maximum absolute atomic E-state index is 13.9. The summed E-state index contributed by atoms with van der Waals surface area (Å²) in [6, 6.07) is 30.3. The van der Waals surface area contributed by atoms with Crippen molar-refractivity contribution in [3.8, 4) is 0 Å². The van der Waals surface area contributed by atoms with Crippen LogP contribution in [-0.4, -0.2) is 29.9 Å². The van der Waals surface area contributed by atoms with Gasteiger partial charge in [0.15, 0.2) is 0 Å². The highest BCUT2D eigenvalue weighted by Gasteiger charge is 2.40. The molecule has 0 N–H and O–H groups in total. The number of ether oxygens (including phenoxy) is 1. The molecule has 0 saturated carbocycles. The highest BCUT2D eigenvalue weighted by atomic mass is 16.5. The molecule has 168 valence electrons. The van der Waals surface area contributed by atoms with Gasteiger partial charge in [-0.15, -0.1) is 0 Å². The number of unbranched alkanes of at least 4 members (excludes halogenated alkanes) is 2. The van der Waals surface area contributed by atoms with Crippen LogP contribution >= 0.6 is 0 Å². The van der Waals surface area contributed by atoms with E-state index in [1.54, 1.807) is 0 Å². The largest absolute Gasteiger partial charge is 0.466 e. The molecular formula is C29H29NO3. The first kappa shape index (κ1) is 22.5. The SMILES string of the molecule is CC(=O)OCCCCCN1C(=O)C(c2ccccc2)=C(c2ccccc2)C1c1ccccc1. The van der Waals surface area contributed by atoms with Crippen LogP contribution in [0.3, 0.4) is 0 Å². The van der Waals surface area contributed by atoms with E-state index in [1.165, 1.54) is 6.92 Å². The van der Waals surface area contributed by atoms with E-state index in [9.17, 15) is 9.59 Å². The predicted octanol–water partition coefficient (Wildman–Crippen LogP) is 5.91. The summed E-state index contributed by atoms with van der Waals surface area (Å²) in [6.45, 7) is 2.49. The number of carbonyl (C=O) groups is 2. The highest BCUT2D eigenvalue weighted by Crippen LogP contribution is 2.47. The minimum absolute atomic E-state index is 0.0638. The number of carbonyl (C=O) groups excluding carboxylic acids is 2. The van der Waals surface area contributed by atoms with Gasteiger partial charge in [-0.25, -0.2) is 0 Å². The fourth-order valence-electron chi connectivity index (χ4n) is 4.46. The Bertz CT molecular complexity index is 1110. The Hall–Kier alpha value is -3.66. The van der Waals surface area contributed by atoms with E-state index in [-0.39, 0.29) is 17.9 Å². The number of hydrogen-bond acceptors (Lipinski definition) is 3. The van der Waals surface area contributed by atoms with Gasteiger partial charge in [-0.3, -0.25) is 9.59 Å². The number of esters is 1. The first-order valence-corrected chi connectivity index (χ1v) is 11.5. The van der Waals surface area contributed by atoms with E-state index in [1.807, 2.05) is 71.6 Å². The van der Waals surface area contributed by atoms with Gasteiger partial charge in [-0.05, 0) is 41.5 Å². The molecule has 0 fully saturated rings. The van der Waals surface area contributed by atoms with Crippen LogP contribution in [0.5, 0.6) is 0 Å². The van der Waals surface area contributed by atoms with Crippen LogP contribution in [0.15, 0.2) is 91.0 Å². The Kier molecular flexibility index (Phi) is 7.36. The lowest BCUT2D eigenvalue weighted by molar-refractivity contribution is -0.141. The molecule has 4 nitrogen and oxygen atoms in total. The van der Waals surface area contributed by atoms with Gasteiger partial charge in [0.25, 0.3) is 5.91 Å². The third-order valence-electron chi connectivity index (χ3n) is 5.94. The number of nitrogens with zero attached hydrogens (tertiary/aromatic N) is 1. The molecule has 1 aliphatic rings. The Labute approximate surface area is 195 Å². The molecule has 0 saturated heterocycles. The zero-order chi connectivity index (χ0) is 23.0. The van der Waals surface area contributed by atoms with Crippen molar-refractivity contribution in [3.05, 3.63) is 108 Å². The van der Waals surface area contributed by atoms with Crippen molar-refractivity contribution in [1.29, 1.82) is 0 Å². The number of hydrogen-bond donors (Lipinski definition) is 0. The van der Waals surface area contributed by atoms with E-state index in [2.05, 4.69) is 24.3 Å². The van der Waals surface area contributed by atoms with E-state index < -0.39 is 0 Å². The number of benzene rings is 3. The first-order chi connectivity index (χ1) is 16.2. The second-order valence-corrected chi connectivity index (χ2v) is 8.23. The van der Waals surface area contributed by atoms with Gasteiger partial charge in [0.05, 0.1) is 18.2 Å². The Balaban J connectivity index is 1.70. The molecule has 4 rings (SSSR count).